The lowest BCUT2D eigenvalue weighted by atomic mass is 10.1. The number of Topliss-reactive ketones (excluding diaryl/α,β-unsaturated/α-hetero) is 1. The molecule has 2 nitrogen and oxygen atoms in total. The van der Waals surface area contributed by atoms with Crippen LogP contribution in [-0.2, 0) is 6.54 Å². The molecule has 0 atom stereocenters. The van der Waals surface area contributed by atoms with Crippen LogP contribution in [0, 0.1) is 12.7 Å². The molecule has 1 aromatic heterocycles. The Hall–Kier alpha value is -2.55. The summed E-state index contributed by atoms with van der Waals surface area (Å²) >= 11 is 0. The zero-order chi connectivity index (χ0) is 14.8. The summed E-state index contributed by atoms with van der Waals surface area (Å²) in [6.45, 7) is 2.27. The summed E-state index contributed by atoms with van der Waals surface area (Å²) in [5.41, 5.74) is 2.69. The van der Waals surface area contributed by atoms with E-state index in [0.717, 1.165) is 16.5 Å². The number of ketones is 1. The number of pyridine rings is 1. The highest BCUT2D eigenvalue weighted by atomic mass is 19.1. The number of rotatable bonds is 3. The molecule has 0 fully saturated rings. The summed E-state index contributed by atoms with van der Waals surface area (Å²) in [4.78, 5) is 12.3. The van der Waals surface area contributed by atoms with Crippen molar-refractivity contribution in [3.63, 3.8) is 0 Å². The number of aromatic nitrogens is 1. The fourth-order valence-corrected chi connectivity index (χ4v) is 2.39. The maximum Gasteiger partial charge on any atom is 0.227 e. The molecule has 3 heteroatoms. The summed E-state index contributed by atoms with van der Waals surface area (Å²) in [5.74, 6) is -0.367. The van der Waals surface area contributed by atoms with E-state index in [9.17, 15) is 9.18 Å². The molecule has 0 spiro atoms. The average molecular weight is 280 g/mol. The van der Waals surface area contributed by atoms with Crippen molar-refractivity contribution >= 4 is 16.7 Å². The molecular weight excluding hydrogens is 265 g/mol. The van der Waals surface area contributed by atoms with Crippen molar-refractivity contribution in [2.24, 2.45) is 0 Å². The summed E-state index contributed by atoms with van der Waals surface area (Å²) in [5, 5.41) is 1.09. The molecule has 0 radical (unpaired) electrons. The van der Waals surface area contributed by atoms with Gasteiger partial charge in [-0.15, -0.1) is 0 Å². The molecule has 0 N–H and O–H groups in total. The van der Waals surface area contributed by atoms with Crippen LogP contribution in [0.5, 0.6) is 0 Å². The number of carbonyl (C=O) groups excluding carboxylic acids is 1. The Labute approximate surface area is 122 Å². The monoisotopic (exact) mass is 280 g/mol. The zero-order valence-corrected chi connectivity index (χ0v) is 11.7. The van der Waals surface area contributed by atoms with Gasteiger partial charge in [-0.25, -0.2) is 4.39 Å². The fraction of sp³-hybridized carbons (Fsp3) is 0.111. The molecule has 3 rings (SSSR count). The average Bonchev–Trinajstić information content (AvgIpc) is 2.48. The summed E-state index contributed by atoms with van der Waals surface area (Å²) in [6.07, 6.45) is 1.89. The van der Waals surface area contributed by atoms with E-state index in [-0.39, 0.29) is 18.1 Å². The molecule has 1 heterocycles. The molecular formula is C18H15FNO+. The molecule has 0 saturated carbocycles. The van der Waals surface area contributed by atoms with E-state index >= 15 is 0 Å². The number of benzene rings is 2. The van der Waals surface area contributed by atoms with Crippen LogP contribution in [0.1, 0.15) is 15.9 Å². The molecule has 0 amide bonds. The molecule has 0 aliphatic heterocycles. The van der Waals surface area contributed by atoms with Crippen molar-refractivity contribution < 1.29 is 13.8 Å². The number of halogens is 1. The SMILES string of the molecule is Cc1ccc2ccc[n+](CC(=O)c3ccc(F)cc3)c2c1. The van der Waals surface area contributed by atoms with Crippen molar-refractivity contribution in [2.75, 3.05) is 0 Å². The lowest BCUT2D eigenvalue weighted by molar-refractivity contribution is -0.657. The van der Waals surface area contributed by atoms with Crippen molar-refractivity contribution in [1.29, 1.82) is 0 Å². The van der Waals surface area contributed by atoms with Gasteiger partial charge in [-0.2, -0.15) is 4.57 Å². The molecule has 104 valence electrons. The Morgan fingerprint density at radius 2 is 1.86 bits per heavy atom. The largest absolute Gasteiger partial charge is 0.287 e. The van der Waals surface area contributed by atoms with Crippen LogP contribution in [0.3, 0.4) is 0 Å². The number of hydrogen-bond donors (Lipinski definition) is 0. The highest BCUT2D eigenvalue weighted by Crippen LogP contribution is 2.12. The number of hydrogen-bond acceptors (Lipinski definition) is 1. The number of carbonyl (C=O) groups is 1. The van der Waals surface area contributed by atoms with Crippen LogP contribution in [0.4, 0.5) is 4.39 Å². The summed E-state index contributed by atoms with van der Waals surface area (Å²) in [6, 6.07) is 15.8. The normalized spacial score (nSPS) is 10.8. The Morgan fingerprint density at radius 3 is 2.62 bits per heavy atom. The van der Waals surface area contributed by atoms with Gasteiger partial charge in [0.1, 0.15) is 5.82 Å². The third kappa shape index (κ3) is 2.82. The quantitative estimate of drug-likeness (QED) is 0.531. The molecule has 0 aliphatic rings. The van der Waals surface area contributed by atoms with E-state index < -0.39 is 0 Å². The topological polar surface area (TPSA) is 20.9 Å². The highest BCUT2D eigenvalue weighted by molar-refractivity contribution is 5.95. The molecule has 0 aliphatic carbocycles. The zero-order valence-electron chi connectivity index (χ0n) is 11.7. The number of fused-ring (bicyclic) bond motifs is 1. The van der Waals surface area contributed by atoms with E-state index in [1.54, 1.807) is 0 Å². The third-order valence-corrected chi connectivity index (χ3v) is 3.52. The van der Waals surface area contributed by atoms with E-state index in [1.807, 2.05) is 35.9 Å². The molecule has 0 bridgehead atoms. The maximum absolute atomic E-state index is 12.9. The smallest absolute Gasteiger partial charge is 0.227 e. The molecule has 2 aromatic carbocycles. The van der Waals surface area contributed by atoms with Crippen molar-refractivity contribution in [1.82, 2.24) is 0 Å². The van der Waals surface area contributed by atoms with Crippen LogP contribution in [0.15, 0.2) is 60.8 Å². The first-order valence-corrected chi connectivity index (χ1v) is 6.81. The van der Waals surface area contributed by atoms with Crippen LogP contribution in [0.25, 0.3) is 10.9 Å². The van der Waals surface area contributed by atoms with E-state index in [2.05, 4.69) is 12.1 Å². The van der Waals surface area contributed by atoms with Gasteiger partial charge < -0.3 is 0 Å². The van der Waals surface area contributed by atoms with Crippen LogP contribution in [-0.4, -0.2) is 5.78 Å². The Balaban J connectivity index is 1.96. The second-order valence-electron chi connectivity index (χ2n) is 5.13. The Morgan fingerprint density at radius 1 is 1.10 bits per heavy atom. The summed E-state index contributed by atoms with van der Waals surface area (Å²) in [7, 11) is 0. The minimum Gasteiger partial charge on any atom is -0.287 e. The standard InChI is InChI=1S/C18H15FNO/c1-13-4-5-14-3-2-10-20(17(14)11-13)12-18(21)15-6-8-16(19)9-7-15/h2-11H,12H2,1H3/q+1. The fourth-order valence-electron chi connectivity index (χ4n) is 2.39. The van der Waals surface area contributed by atoms with Crippen molar-refractivity contribution in [2.45, 2.75) is 13.5 Å². The van der Waals surface area contributed by atoms with E-state index in [1.165, 1.54) is 24.3 Å². The van der Waals surface area contributed by atoms with Gasteiger partial charge in [-0.3, -0.25) is 4.79 Å². The first-order chi connectivity index (χ1) is 10.1. The van der Waals surface area contributed by atoms with Gasteiger partial charge in [0.25, 0.3) is 0 Å². The highest BCUT2D eigenvalue weighted by Gasteiger charge is 2.15. The maximum atomic E-state index is 12.9. The first-order valence-electron chi connectivity index (χ1n) is 6.81. The second kappa shape index (κ2) is 5.44. The predicted molar refractivity (Wildman–Crippen MR) is 79.6 cm³/mol. The Kier molecular flexibility index (Phi) is 3.48. The number of nitrogens with zero attached hydrogens (tertiary/aromatic N) is 1. The van der Waals surface area contributed by atoms with E-state index in [0.29, 0.717) is 5.56 Å². The second-order valence-corrected chi connectivity index (χ2v) is 5.13. The minimum absolute atomic E-state index is 0.0333. The minimum atomic E-state index is -0.333. The number of aryl methyl sites for hydroxylation is 1. The first kappa shape index (κ1) is 13.4. The lowest BCUT2D eigenvalue weighted by Crippen LogP contribution is -2.38. The van der Waals surface area contributed by atoms with Gasteiger partial charge in [-0.05, 0) is 48.9 Å². The van der Waals surface area contributed by atoms with Crippen LogP contribution in [0.2, 0.25) is 0 Å². The van der Waals surface area contributed by atoms with Crippen molar-refractivity contribution in [3.8, 4) is 0 Å². The van der Waals surface area contributed by atoms with Gasteiger partial charge in [0, 0.05) is 23.1 Å². The Bertz CT molecular complexity index is 809. The third-order valence-electron chi connectivity index (χ3n) is 3.52. The van der Waals surface area contributed by atoms with Crippen LogP contribution < -0.4 is 4.57 Å². The van der Waals surface area contributed by atoms with Gasteiger partial charge in [0.15, 0.2) is 6.20 Å². The van der Waals surface area contributed by atoms with Gasteiger partial charge in [0.05, 0.1) is 0 Å². The lowest BCUT2D eigenvalue weighted by Gasteiger charge is -2.02. The predicted octanol–water partition coefficient (Wildman–Crippen LogP) is 3.46. The summed E-state index contributed by atoms with van der Waals surface area (Å²) < 4.78 is 14.8. The molecule has 3 aromatic rings. The van der Waals surface area contributed by atoms with Gasteiger partial charge in [-0.1, -0.05) is 6.07 Å². The van der Waals surface area contributed by atoms with E-state index in [4.69, 9.17) is 0 Å². The van der Waals surface area contributed by atoms with Crippen molar-refractivity contribution in [3.05, 3.63) is 77.7 Å². The van der Waals surface area contributed by atoms with Gasteiger partial charge in [0.2, 0.25) is 17.8 Å². The van der Waals surface area contributed by atoms with Gasteiger partial charge >= 0.3 is 0 Å². The molecule has 0 saturated heterocycles. The van der Waals surface area contributed by atoms with Crippen LogP contribution >= 0.6 is 0 Å². The molecule has 0 unspecified atom stereocenters. The molecule has 21 heavy (non-hydrogen) atoms.